The first-order valence-electron chi connectivity index (χ1n) is 15.7. The number of carbonyl (C=O) groups is 2. The zero-order valence-corrected chi connectivity index (χ0v) is 26.6. The highest BCUT2D eigenvalue weighted by Crippen LogP contribution is 2.41. The van der Waals surface area contributed by atoms with E-state index in [0.717, 1.165) is 31.1 Å². The van der Waals surface area contributed by atoms with E-state index in [1.54, 1.807) is 24.3 Å². The number of methoxy groups -OCH3 is 1. The van der Waals surface area contributed by atoms with Crippen LogP contribution in [-0.2, 0) is 15.8 Å². The number of carbonyl (C=O) groups excluding carboxylic acids is 1. The smallest absolute Gasteiger partial charge is 0.416 e. The second-order valence-corrected chi connectivity index (χ2v) is 13.2. The number of aliphatic carboxylic acids is 1. The molecular weight excluding hydrogens is 590 g/mol. The second-order valence-electron chi connectivity index (χ2n) is 13.2. The summed E-state index contributed by atoms with van der Waals surface area (Å²) in [5.74, 6) is -1.05. The van der Waals surface area contributed by atoms with E-state index in [9.17, 15) is 32.3 Å². The molecule has 1 N–H and O–H groups in total. The molecular formula is C34H45F4N3O4. The van der Waals surface area contributed by atoms with Crippen LogP contribution >= 0.6 is 0 Å². The molecule has 248 valence electrons. The minimum atomic E-state index is -4.44. The predicted octanol–water partition coefficient (Wildman–Crippen LogP) is 6.67. The molecule has 0 radical (unpaired) electrons. The van der Waals surface area contributed by atoms with Gasteiger partial charge in [0.1, 0.15) is 0 Å². The molecule has 3 heterocycles. The molecule has 5 rings (SSSR count). The van der Waals surface area contributed by atoms with Crippen LogP contribution < -0.4 is 9.64 Å². The van der Waals surface area contributed by atoms with Crippen LogP contribution in [0.15, 0.2) is 42.5 Å². The van der Waals surface area contributed by atoms with Crippen molar-refractivity contribution >= 4 is 17.6 Å². The molecule has 3 aliphatic heterocycles. The molecule has 1 amide bonds. The normalized spacial score (nSPS) is 20.5. The Morgan fingerprint density at radius 1 is 0.867 bits per heavy atom. The van der Waals surface area contributed by atoms with Gasteiger partial charge in [-0.3, -0.25) is 14.5 Å². The Kier molecular flexibility index (Phi) is 11.0. The maximum Gasteiger partial charge on any atom is 0.416 e. The van der Waals surface area contributed by atoms with Crippen molar-refractivity contribution in [3.05, 3.63) is 59.4 Å². The van der Waals surface area contributed by atoms with Crippen LogP contribution in [0.2, 0.25) is 0 Å². The van der Waals surface area contributed by atoms with Gasteiger partial charge in [0.15, 0.2) is 11.6 Å². The summed E-state index contributed by atoms with van der Waals surface area (Å²) in [4.78, 5) is 30.7. The fourth-order valence-electron chi connectivity index (χ4n) is 6.56. The number of anilines is 1. The first kappa shape index (κ1) is 34.5. The van der Waals surface area contributed by atoms with Crippen LogP contribution in [0.5, 0.6) is 5.75 Å². The van der Waals surface area contributed by atoms with E-state index >= 15 is 0 Å². The summed E-state index contributed by atoms with van der Waals surface area (Å²) >= 11 is 0. The molecule has 2 aromatic carbocycles. The van der Waals surface area contributed by atoms with Crippen LogP contribution in [-0.4, -0.2) is 78.7 Å². The second kappa shape index (κ2) is 14.4. The molecule has 3 fully saturated rings. The number of carboxylic acids is 1. The average molecular weight is 636 g/mol. The molecule has 7 nitrogen and oxygen atoms in total. The molecule has 0 saturated carbocycles. The van der Waals surface area contributed by atoms with Gasteiger partial charge in [-0.05, 0) is 95.2 Å². The van der Waals surface area contributed by atoms with Crippen molar-refractivity contribution in [3.8, 4) is 5.75 Å². The van der Waals surface area contributed by atoms with Crippen LogP contribution in [0.25, 0.3) is 0 Å². The molecule has 0 aromatic heterocycles. The number of halogens is 4. The van der Waals surface area contributed by atoms with Crippen molar-refractivity contribution < 1.29 is 37.0 Å². The molecule has 0 aliphatic carbocycles. The number of alkyl halides is 3. The van der Waals surface area contributed by atoms with Crippen LogP contribution in [0, 0.1) is 17.7 Å². The minimum absolute atomic E-state index is 0.0120. The van der Waals surface area contributed by atoms with Gasteiger partial charge in [0.25, 0.3) is 0 Å². The Labute approximate surface area is 263 Å². The first-order valence-corrected chi connectivity index (χ1v) is 15.7. The van der Waals surface area contributed by atoms with Crippen molar-refractivity contribution in [2.75, 3.05) is 51.3 Å². The summed E-state index contributed by atoms with van der Waals surface area (Å²) in [5, 5.41) is 9.30. The van der Waals surface area contributed by atoms with Gasteiger partial charge in [-0.25, -0.2) is 4.39 Å². The average Bonchev–Trinajstić information content (AvgIpc) is 3.52. The lowest BCUT2D eigenvalue weighted by Gasteiger charge is -2.38. The largest absolute Gasteiger partial charge is 0.494 e. The number of hydrogen-bond donors (Lipinski definition) is 1. The number of carboxylic acid groups (broad SMARTS) is 1. The molecule has 3 saturated heterocycles. The quantitative estimate of drug-likeness (QED) is 0.371. The number of para-hydroxylation sites is 1. The Hall–Kier alpha value is -3.34. The van der Waals surface area contributed by atoms with Gasteiger partial charge in [0.05, 0.1) is 24.5 Å². The van der Waals surface area contributed by atoms with E-state index in [1.165, 1.54) is 19.2 Å². The molecule has 1 atom stereocenters. The van der Waals surface area contributed by atoms with E-state index in [4.69, 9.17) is 0 Å². The Balaban J connectivity index is 0.000000440. The summed E-state index contributed by atoms with van der Waals surface area (Å²) < 4.78 is 57.7. The maximum atomic E-state index is 13.5. The Bertz CT molecular complexity index is 1310. The monoisotopic (exact) mass is 635 g/mol. The maximum absolute atomic E-state index is 13.5. The van der Waals surface area contributed by atoms with E-state index in [-0.39, 0.29) is 34.8 Å². The molecule has 1 unspecified atom stereocenters. The highest BCUT2D eigenvalue weighted by atomic mass is 19.4. The van der Waals surface area contributed by atoms with E-state index in [1.807, 2.05) is 9.80 Å². The molecule has 3 aliphatic rings. The zero-order chi connectivity index (χ0) is 32.9. The highest BCUT2D eigenvalue weighted by molar-refractivity contribution is 5.79. The van der Waals surface area contributed by atoms with Gasteiger partial charge in [-0.15, -0.1) is 0 Å². The standard InChI is InChI=1S/C27H38F3N3O3.C7H7FO/c1-26(2,3)33-15-10-20(17-33)24(34)32-13-6-18(7-14-32)22-5-4-21(27(28,29)30)16-23(22)31-11-8-19(9-12-31)25(35)36;1-9-7-5-3-2-4-6(7)8/h4-5,16,18-20H,6-15,17H2,1-3H3,(H,35,36);2-5H,1H3. The fourth-order valence-corrected chi connectivity index (χ4v) is 6.56. The number of piperidine rings is 2. The number of ether oxygens (including phenoxy) is 1. The van der Waals surface area contributed by atoms with E-state index < -0.39 is 23.6 Å². The predicted molar refractivity (Wildman–Crippen MR) is 165 cm³/mol. The Morgan fingerprint density at radius 2 is 1.49 bits per heavy atom. The number of likely N-dealkylation sites (tertiary alicyclic amines) is 2. The lowest BCUT2D eigenvalue weighted by molar-refractivity contribution is -0.142. The molecule has 0 bridgehead atoms. The molecule has 45 heavy (non-hydrogen) atoms. The van der Waals surface area contributed by atoms with Crippen molar-refractivity contribution in [1.29, 1.82) is 0 Å². The summed E-state index contributed by atoms with van der Waals surface area (Å²) in [6.07, 6.45) is -1.30. The Morgan fingerprint density at radius 3 is 2.00 bits per heavy atom. The van der Waals surface area contributed by atoms with E-state index in [2.05, 4.69) is 30.4 Å². The van der Waals surface area contributed by atoms with Gasteiger partial charge >= 0.3 is 12.1 Å². The third-order valence-electron chi connectivity index (χ3n) is 9.33. The fraction of sp³-hybridized carbons (Fsp3) is 0.588. The molecule has 2 aromatic rings. The number of nitrogens with zero attached hydrogens (tertiary/aromatic N) is 3. The van der Waals surface area contributed by atoms with Gasteiger partial charge < -0.3 is 19.6 Å². The number of hydrogen-bond acceptors (Lipinski definition) is 5. The van der Waals surface area contributed by atoms with E-state index in [0.29, 0.717) is 57.5 Å². The van der Waals surface area contributed by atoms with Crippen LogP contribution in [0.3, 0.4) is 0 Å². The van der Waals surface area contributed by atoms with Gasteiger partial charge in [-0.1, -0.05) is 18.2 Å². The van der Waals surface area contributed by atoms with Crippen LogP contribution in [0.4, 0.5) is 23.2 Å². The number of rotatable bonds is 5. The topological polar surface area (TPSA) is 73.3 Å². The number of amides is 1. The summed E-state index contributed by atoms with van der Waals surface area (Å²) in [6, 6.07) is 10.3. The van der Waals surface area contributed by atoms with Gasteiger partial charge in [0, 0.05) is 44.0 Å². The lowest BCUT2D eigenvalue weighted by atomic mass is 9.86. The van der Waals surface area contributed by atoms with Crippen molar-refractivity contribution in [3.63, 3.8) is 0 Å². The zero-order valence-electron chi connectivity index (χ0n) is 26.6. The number of benzene rings is 2. The SMILES string of the molecule is CC(C)(C)N1CCC(C(=O)N2CCC(c3ccc(C(F)(F)F)cc3N3CCC(C(=O)O)CC3)CC2)C1.COc1ccccc1F. The highest BCUT2D eigenvalue weighted by Gasteiger charge is 2.38. The van der Waals surface area contributed by atoms with Gasteiger partial charge in [0.2, 0.25) is 5.91 Å². The van der Waals surface area contributed by atoms with Crippen molar-refractivity contribution in [1.82, 2.24) is 9.80 Å². The summed E-state index contributed by atoms with van der Waals surface area (Å²) in [7, 11) is 1.44. The van der Waals surface area contributed by atoms with Crippen molar-refractivity contribution in [2.45, 2.75) is 70.5 Å². The first-order chi connectivity index (χ1) is 21.2. The summed E-state index contributed by atoms with van der Waals surface area (Å²) in [5.41, 5.74) is 0.803. The van der Waals surface area contributed by atoms with Crippen LogP contribution in [0.1, 0.15) is 69.9 Å². The lowest BCUT2D eigenvalue weighted by Crippen LogP contribution is -2.44. The third kappa shape index (κ3) is 8.68. The van der Waals surface area contributed by atoms with Gasteiger partial charge in [-0.2, -0.15) is 13.2 Å². The molecule has 11 heteroatoms. The minimum Gasteiger partial charge on any atom is -0.494 e. The molecule has 0 spiro atoms. The third-order valence-corrected chi connectivity index (χ3v) is 9.33. The van der Waals surface area contributed by atoms with Crippen molar-refractivity contribution in [2.24, 2.45) is 11.8 Å². The summed E-state index contributed by atoms with van der Waals surface area (Å²) in [6.45, 7) is 10.3.